The lowest BCUT2D eigenvalue weighted by Crippen LogP contribution is -2.36. The van der Waals surface area contributed by atoms with Crippen LogP contribution in [0.5, 0.6) is 0 Å². The summed E-state index contributed by atoms with van der Waals surface area (Å²) in [5.74, 6) is -0.356. The Kier molecular flexibility index (Phi) is 7.55. The predicted octanol–water partition coefficient (Wildman–Crippen LogP) is 4.55. The molecule has 2 aromatic heterocycles. The van der Waals surface area contributed by atoms with Gasteiger partial charge in [0.15, 0.2) is 5.15 Å². The van der Waals surface area contributed by atoms with Crippen molar-refractivity contribution < 1.29 is 18.0 Å². The Balaban J connectivity index is 2.22. The van der Waals surface area contributed by atoms with Gasteiger partial charge in [0.05, 0.1) is 18.1 Å². The number of amides is 1. The molecule has 1 atom stereocenters. The number of nitrogens with zero attached hydrogens (tertiary/aromatic N) is 4. The Hall–Kier alpha value is -1.74. The zero-order valence-corrected chi connectivity index (χ0v) is 16.3. The second-order valence-electron chi connectivity index (χ2n) is 6.11. The molecule has 0 bridgehead atoms. The van der Waals surface area contributed by atoms with E-state index in [1.807, 2.05) is 0 Å². The quantitative estimate of drug-likeness (QED) is 0.503. The van der Waals surface area contributed by atoms with Gasteiger partial charge < -0.3 is 4.90 Å². The smallest absolute Gasteiger partial charge is 0.308 e. The number of hydrogen-bond donors (Lipinski definition) is 1. The van der Waals surface area contributed by atoms with Crippen LogP contribution in [0.2, 0.25) is 5.15 Å². The monoisotopic (exact) mass is 420 g/mol. The van der Waals surface area contributed by atoms with Gasteiger partial charge in [-0.3, -0.25) is 9.78 Å². The third-order valence-electron chi connectivity index (χ3n) is 3.91. The molecule has 0 radical (unpaired) electrons. The fourth-order valence-electron chi connectivity index (χ4n) is 2.44. The van der Waals surface area contributed by atoms with E-state index in [1.165, 1.54) is 9.58 Å². The number of pyridine rings is 1. The molecular weight excluding hydrogens is 401 g/mol. The summed E-state index contributed by atoms with van der Waals surface area (Å²) in [5.41, 5.74) is 1.00. The van der Waals surface area contributed by atoms with Crippen LogP contribution in [0.3, 0.4) is 0 Å². The lowest BCUT2D eigenvalue weighted by molar-refractivity contribution is -0.135. The van der Waals surface area contributed by atoms with E-state index in [1.54, 1.807) is 37.6 Å². The van der Waals surface area contributed by atoms with Gasteiger partial charge >= 0.3 is 6.18 Å². The van der Waals surface area contributed by atoms with E-state index in [2.05, 4.69) is 22.7 Å². The zero-order chi connectivity index (χ0) is 20.0. The lowest BCUT2D eigenvalue weighted by atomic mass is 10.1. The molecule has 0 aromatic carbocycles. The Morgan fingerprint density at radius 1 is 1.41 bits per heavy atom. The Bertz CT molecular complexity index is 754. The average molecular weight is 421 g/mol. The third-order valence-corrected chi connectivity index (χ3v) is 4.72. The van der Waals surface area contributed by atoms with Gasteiger partial charge in [0.2, 0.25) is 5.91 Å². The number of alkyl halides is 3. The average Bonchev–Trinajstić information content (AvgIpc) is 3.02. The van der Waals surface area contributed by atoms with Crippen molar-refractivity contribution in [3.63, 3.8) is 0 Å². The fourth-order valence-corrected chi connectivity index (χ4v) is 2.82. The Morgan fingerprint density at radius 2 is 2.15 bits per heavy atom. The number of unbranched alkanes of at least 4 members (excludes halogenated alkanes) is 1. The summed E-state index contributed by atoms with van der Waals surface area (Å²) in [6, 6.07) is 3.50. The van der Waals surface area contributed by atoms with Crippen molar-refractivity contribution in [2.24, 2.45) is 5.92 Å². The minimum atomic E-state index is -4.21. The second-order valence-corrected chi connectivity index (χ2v) is 6.83. The molecule has 148 valence electrons. The summed E-state index contributed by atoms with van der Waals surface area (Å²) in [5, 5.41) is 4.28. The molecule has 2 heterocycles. The first-order valence-electron chi connectivity index (χ1n) is 8.37. The number of carbonyl (C=O) groups is 1. The van der Waals surface area contributed by atoms with E-state index in [4.69, 9.17) is 11.6 Å². The van der Waals surface area contributed by atoms with Crippen LogP contribution in [0.4, 0.5) is 18.9 Å². The first-order valence-corrected chi connectivity index (χ1v) is 9.38. The molecule has 2 aromatic rings. The molecule has 1 unspecified atom stereocenters. The van der Waals surface area contributed by atoms with Gasteiger partial charge in [-0.2, -0.15) is 30.9 Å². The largest absolute Gasteiger partial charge is 0.389 e. The second kappa shape index (κ2) is 9.45. The van der Waals surface area contributed by atoms with Crippen molar-refractivity contribution in [2.75, 3.05) is 17.2 Å². The summed E-state index contributed by atoms with van der Waals surface area (Å²) in [6.45, 7) is 1.82. The van der Waals surface area contributed by atoms with Gasteiger partial charge in [-0.05, 0) is 25.0 Å². The van der Waals surface area contributed by atoms with Gasteiger partial charge in [0, 0.05) is 30.8 Å². The van der Waals surface area contributed by atoms with Crippen LogP contribution in [0, 0.1) is 5.92 Å². The van der Waals surface area contributed by atoms with E-state index >= 15 is 0 Å². The van der Waals surface area contributed by atoms with Crippen molar-refractivity contribution in [1.29, 1.82) is 0 Å². The molecule has 1 amide bonds. The van der Waals surface area contributed by atoms with Gasteiger partial charge in [-0.1, -0.05) is 18.5 Å². The van der Waals surface area contributed by atoms with Crippen LogP contribution in [0.15, 0.2) is 30.7 Å². The number of anilines is 1. The SMILES string of the molecule is CC(CS)C(=O)N(CCCCC(F)(F)F)c1cn(-c2cccnc2)nc1Cl. The van der Waals surface area contributed by atoms with Crippen molar-refractivity contribution in [3.8, 4) is 5.69 Å². The van der Waals surface area contributed by atoms with Gasteiger partial charge in [0.1, 0.15) is 5.69 Å². The van der Waals surface area contributed by atoms with Gasteiger partial charge in [0.25, 0.3) is 0 Å². The fraction of sp³-hybridized carbons (Fsp3) is 0.471. The number of rotatable bonds is 8. The molecule has 27 heavy (non-hydrogen) atoms. The highest BCUT2D eigenvalue weighted by atomic mass is 35.5. The van der Waals surface area contributed by atoms with Gasteiger partial charge in [-0.25, -0.2) is 4.68 Å². The topological polar surface area (TPSA) is 51.0 Å². The molecule has 2 rings (SSSR count). The highest BCUT2D eigenvalue weighted by molar-refractivity contribution is 7.80. The number of aromatic nitrogens is 3. The molecule has 10 heteroatoms. The molecule has 0 saturated heterocycles. The maximum Gasteiger partial charge on any atom is 0.389 e. The molecular formula is C17H20ClF3N4OS. The van der Waals surface area contributed by atoms with Crippen LogP contribution in [0.1, 0.15) is 26.2 Å². The van der Waals surface area contributed by atoms with E-state index in [0.717, 1.165) is 0 Å². The van der Waals surface area contributed by atoms with Crippen LogP contribution >= 0.6 is 24.2 Å². The van der Waals surface area contributed by atoms with E-state index in [9.17, 15) is 18.0 Å². The molecule has 5 nitrogen and oxygen atoms in total. The summed E-state index contributed by atoms with van der Waals surface area (Å²) < 4.78 is 38.6. The van der Waals surface area contributed by atoms with Crippen LogP contribution in [-0.4, -0.2) is 39.1 Å². The van der Waals surface area contributed by atoms with Gasteiger partial charge in [-0.15, -0.1) is 0 Å². The highest BCUT2D eigenvalue weighted by Gasteiger charge is 2.28. The standard InChI is InChI=1S/C17H20ClF3N4OS/c1-12(11-27)16(26)24(8-3-2-6-17(19,20)21)14-10-25(23-15(14)18)13-5-4-7-22-9-13/h4-5,7,9-10,12,27H,2-3,6,8,11H2,1H3. The van der Waals surface area contributed by atoms with Crippen molar-refractivity contribution in [2.45, 2.75) is 32.4 Å². The molecule has 0 aliphatic rings. The summed E-state index contributed by atoms with van der Waals surface area (Å²) >= 11 is 10.4. The summed E-state index contributed by atoms with van der Waals surface area (Å²) in [4.78, 5) is 18.1. The molecule has 0 aliphatic carbocycles. The summed E-state index contributed by atoms with van der Waals surface area (Å²) in [6.07, 6.45) is -0.211. The normalized spacial score (nSPS) is 12.8. The van der Waals surface area contributed by atoms with Crippen molar-refractivity contribution in [1.82, 2.24) is 14.8 Å². The van der Waals surface area contributed by atoms with E-state index < -0.39 is 18.5 Å². The van der Waals surface area contributed by atoms with E-state index in [0.29, 0.717) is 17.1 Å². The predicted molar refractivity (Wildman–Crippen MR) is 102 cm³/mol. The first-order chi connectivity index (χ1) is 12.7. The van der Waals surface area contributed by atoms with Crippen molar-refractivity contribution >= 4 is 35.8 Å². The maximum absolute atomic E-state index is 12.7. The molecule has 0 fully saturated rings. The molecule has 0 aliphatic heterocycles. The minimum Gasteiger partial charge on any atom is -0.308 e. The first kappa shape index (κ1) is 21.6. The number of carbonyl (C=O) groups excluding carboxylic acids is 1. The lowest BCUT2D eigenvalue weighted by Gasteiger charge is -2.24. The molecule has 0 saturated carbocycles. The van der Waals surface area contributed by atoms with Crippen LogP contribution < -0.4 is 4.90 Å². The van der Waals surface area contributed by atoms with Crippen LogP contribution in [0.25, 0.3) is 5.69 Å². The molecule has 0 spiro atoms. The maximum atomic E-state index is 12.7. The van der Waals surface area contributed by atoms with E-state index in [-0.39, 0.29) is 30.4 Å². The minimum absolute atomic E-state index is 0.0725. The summed E-state index contributed by atoms with van der Waals surface area (Å²) in [7, 11) is 0. The number of hydrogen-bond acceptors (Lipinski definition) is 4. The number of thiol groups is 1. The third kappa shape index (κ3) is 6.14. The van der Waals surface area contributed by atoms with Crippen molar-refractivity contribution in [3.05, 3.63) is 35.9 Å². The number of halogens is 4. The zero-order valence-electron chi connectivity index (χ0n) is 14.7. The van der Waals surface area contributed by atoms with Crippen LogP contribution in [-0.2, 0) is 4.79 Å². The Morgan fingerprint density at radius 3 is 2.74 bits per heavy atom. The highest BCUT2D eigenvalue weighted by Crippen LogP contribution is 2.29. The Labute approximate surface area is 165 Å². The molecule has 0 N–H and O–H groups in total.